The van der Waals surface area contributed by atoms with E-state index in [2.05, 4.69) is 10.6 Å². The number of nitrogens with one attached hydrogen (secondary N) is 2. The molecule has 1 aliphatic heterocycles. The molecule has 1 aromatic carbocycles. The summed E-state index contributed by atoms with van der Waals surface area (Å²) >= 11 is 0. The van der Waals surface area contributed by atoms with E-state index in [1.807, 2.05) is 24.3 Å². The van der Waals surface area contributed by atoms with Gasteiger partial charge in [-0.05, 0) is 37.6 Å². The van der Waals surface area contributed by atoms with Crippen LogP contribution in [0.15, 0.2) is 24.3 Å². The molecule has 0 aliphatic carbocycles. The second-order valence-corrected chi connectivity index (χ2v) is 4.34. The molecule has 4 nitrogen and oxygen atoms in total. The van der Waals surface area contributed by atoms with Crippen LogP contribution in [0.5, 0.6) is 5.75 Å². The Balaban J connectivity index is 1.87. The van der Waals surface area contributed by atoms with E-state index in [1.165, 1.54) is 6.92 Å². The normalized spacial score (nSPS) is 15.1. The fraction of sp³-hybridized carbons (Fsp3) is 0.462. The number of carbonyl (C=O) groups is 1. The number of ether oxygens (including phenoxy) is 1. The van der Waals surface area contributed by atoms with Crippen LogP contribution < -0.4 is 15.4 Å². The average Bonchev–Trinajstić information content (AvgIpc) is 2.23. The summed E-state index contributed by atoms with van der Waals surface area (Å²) in [6.45, 7) is 4.38. The second-order valence-electron chi connectivity index (χ2n) is 4.34. The monoisotopic (exact) mass is 234 g/mol. The Morgan fingerprint density at radius 2 is 2.24 bits per heavy atom. The number of hydrogen-bond donors (Lipinski definition) is 2. The van der Waals surface area contributed by atoms with Gasteiger partial charge in [-0.15, -0.1) is 0 Å². The van der Waals surface area contributed by atoms with Crippen LogP contribution in [-0.4, -0.2) is 25.6 Å². The standard InChI is InChI=1S/C13H18N2O2/c1-10(16)15-12-4-2-3-5-13(12)17-7-6-11-8-14-9-11/h2-5,11,14H,6-9H2,1H3,(H,15,16). The highest BCUT2D eigenvalue weighted by molar-refractivity contribution is 5.90. The Kier molecular flexibility index (Phi) is 3.98. The van der Waals surface area contributed by atoms with Gasteiger partial charge in [-0.2, -0.15) is 0 Å². The molecule has 4 heteroatoms. The first-order valence-electron chi connectivity index (χ1n) is 5.96. The highest BCUT2D eigenvalue weighted by Crippen LogP contribution is 2.24. The molecular formula is C13H18N2O2. The maximum absolute atomic E-state index is 11.0. The molecular weight excluding hydrogens is 216 g/mol. The highest BCUT2D eigenvalue weighted by atomic mass is 16.5. The van der Waals surface area contributed by atoms with Gasteiger partial charge in [0.1, 0.15) is 5.75 Å². The van der Waals surface area contributed by atoms with E-state index in [0.29, 0.717) is 6.61 Å². The van der Waals surface area contributed by atoms with Crippen LogP contribution in [-0.2, 0) is 4.79 Å². The molecule has 92 valence electrons. The van der Waals surface area contributed by atoms with Crippen molar-refractivity contribution in [3.63, 3.8) is 0 Å². The van der Waals surface area contributed by atoms with Crippen LogP contribution in [0.4, 0.5) is 5.69 Å². The fourth-order valence-corrected chi connectivity index (χ4v) is 1.77. The number of rotatable bonds is 5. The zero-order valence-corrected chi connectivity index (χ0v) is 10.0. The van der Waals surface area contributed by atoms with Crippen LogP contribution in [0.3, 0.4) is 0 Å². The minimum absolute atomic E-state index is 0.0794. The van der Waals surface area contributed by atoms with Gasteiger partial charge in [-0.25, -0.2) is 0 Å². The van der Waals surface area contributed by atoms with Gasteiger partial charge in [0.15, 0.2) is 0 Å². The molecule has 0 bridgehead atoms. The molecule has 1 saturated heterocycles. The molecule has 0 saturated carbocycles. The summed E-state index contributed by atoms with van der Waals surface area (Å²) in [6, 6.07) is 7.52. The molecule has 0 spiro atoms. The molecule has 0 unspecified atom stereocenters. The van der Waals surface area contributed by atoms with E-state index >= 15 is 0 Å². The van der Waals surface area contributed by atoms with E-state index < -0.39 is 0 Å². The number of amides is 1. The third kappa shape index (κ3) is 3.46. The van der Waals surface area contributed by atoms with Crippen molar-refractivity contribution in [1.29, 1.82) is 0 Å². The lowest BCUT2D eigenvalue weighted by atomic mass is 10.0. The van der Waals surface area contributed by atoms with Gasteiger partial charge >= 0.3 is 0 Å². The predicted molar refractivity (Wildman–Crippen MR) is 67.2 cm³/mol. The topological polar surface area (TPSA) is 50.4 Å². The van der Waals surface area contributed by atoms with E-state index in [-0.39, 0.29) is 5.91 Å². The van der Waals surface area contributed by atoms with Gasteiger partial charge in [-0.1, -0.05) is 12.1 Å². The number of benzene rings is 1. The number of hydrogen-bond acceptors (Lipinski definition) is 3. The van der Waals surface area contributed by atoms with Crippen LogP contribution in [0.1, 0.15) is 13.3 Å². The SMILES string of the molecule is CC(=O)Nc1ccccc1OCCC1CNC1. The van der Waals surface area contributed by atoms with E-state index in [9.17, 15) is 4.79 Å². The average molecular weight is 234 g/mol. The predicted octanol–water partition coefficient (Wildman–Crippen LogP) is 1.63. The summed E-state index contributed by atoms with van der Waals surface area (Å²) in [5.74, 6) is 1.40. The molecule has 1 heterocycles. The lowest BCUT2D eigenvalue weighted by molar-refractivity contribution is -0.114. The third-order valence-corrected chi connectivity index (χ3v) is 2.85. The Morgan fingerprint density at radius 3 is 2.88 bits per heavy atom. The summed E-state index contributed by atoms with van der Waals surface area (Å²) in [4.78, 5) is 11.0. The number of carbonyl (C=O) groups excluding carboxylic acids is 1. The number of para-hydroxylation sites is 2. The van der Waals surface area contributed by atoms with Crippen molar-refractivity contribution in [2.45, 2.75) is 13.3 Å². The quantitative estimate of drug-likeness (QED) is 0.814. The number of anilines is 1. The van der Waals surface area contributed by atoms with Crippen molar-refractivity contribution in [2.75, 3.05) is 25.0 Å². The van der Waals surface area contributed by atoms with Crippen molar-refractivity contribution in [2.24, 2.45) is 5.92 Å². The van der Waals surface area contributed by atoms with Crippen molar-refractivity contribution < 1.29 is 9.53 Å². The summed E-state index contributed by atoms with van der Waals surface area (Å²) in [6.07, 6.45) is 1.06. The van der Waals surface area contributed by atoms with Crippen LogP contribution in [0.2, 0.25) is 0 Å². The first-order valence-corrected chi connectivity index (χ1v) is 5.96. The molecule has 1 amide bonds. The molecule has 1 aromatic rings. The van der Waals surface area contributed by atoms with E-state index in [4.69, 9.17) is 4.74 Å². The molecule has 2 rings (SSSR count). The summed E-state index contributed by atoms with van der Waals surface area (Å²) < 4.78 is 5.70. The minimum Gasteiger partial charge on any atom is -0.491 e. The van der Waals surface area contributed by atoms with Gasteiger partial charge in [0.25, 0.3) is 0 Å². The molecule has 1 fully saturated rings. The minimum atomic E-state index is -0.0794. The van der Waals surface area contributed by atoms with Gasteiger partial charge in [-0.3, -0.25) is 4.79 Å². The second kappa shape index (κ2) is 5.68. The zero-order chi connectivity index (χ0) is 12.1. The van der Waals surface area contributed by atoms with Crippen molar-refractivity contribution in [1.82, 2.24) is 5.32 Å². The molecule has 0 atom stereocenters. The Morgan fingerprint density at radius 1 is 1.47 bits per heavy atom. The summed E-state index contributed by atoms with van der Waals surface area (Å²) in [7, 11) is 0. The van der Waals surface area contributed by atoms with E-state index in [1.54, 1.807) is 0 Å². The summed E-state index contributed by atoms with van der Waals surface area (Å²) in [5, 5.41) is 6.00. The Labute approximate surface area is 101 Å². The Hall–Kier alpha value is -1.55. The van der Waals surface area contributed by atoms with Crippen LogP contribution in [0.25, 0.3) is 0 Å². The van der Waals surface area contributed by atoms with Crippen molar-refractivity contribution in [3.8, 4) is 5.75 Å². The smallest absolute Gasteiger partial charge is 0.221 e. The van der Waals surface area contributed by atoms with Crippen LogP contribution in [0, 0.1) is 5.92 Å². The third-order valence-electron chi connectivity index (χ3n) is 2.85. The maximum atomic E-state index is 11.0. The lowest BCUT2D eigenvalue weighted by Gasteiger charge is -2.26. The highest BCUT2D eigenvalue weighted by Gasteiger charge is 2.16. The largest absolute Gasteiger partial charge is 0.491 e. The van der Waals surface area contributed by atoms with Gasteiger partial charge in [0.05, 0.1) is 12.3 Å². The van der Waals surface area contributed by atoms with Gasteiger partial charge in [0.2, 0.25) is 5.91 Å². The zero-order valence-electron chi connectivity index (χ0n) is 10.0. The first-order chi connectivity index (χ1) is 8.25. The van der Waals surface area contributed by atoms with Gasteiger partial charge in [0, 0.05) is 6.92 Å². The molecule has 2 N–H and O–H groups in total. The van der Waals surface area contributed by atoms with E-state index in [0.717, 1.165) is 36.9 Å². The van der Waals surface area contributed by atoms with Crippen molar-refractivity contribution >= 4 is 11.6 Å². The first kappa shape index (κ1) is 11.9. The Bertz CT molecular complexity index is 389. The van der Waals surface area contributed by atoms with Crippen molar-refractivity contribution in [3.05, 3.63) is 24.3 Å². The molecule has 0 radical (unpaired) electrons. The van der Waals surface area contributed by atoms with Gasteiger partial charge < -0.3 is 15.4 Å². The fourth-order valence-electron chi connectivity index (χ4n) is 1.77. The molecule has 0 aromatic heterocycles. The lowest BCUT2D eigenvalue weighted by Crippen LogP contribution is -2.42. The van der Waals surface area contributed by atoms with Crippen LogP contribution >= 0.6 is 0 Å². The summed E-state index contributed by atoms with van der Waals surface area (Å²) in [5.41, 5.74) is 0.742. The molecule has 17 heavy (non-hydrogen) atoms. The molecule has 1 aliphatic rings. The maximum Gasteiger partial charge on any atom is 0.221 e.